The Morgan fingerprint density at radius 1 is 1.18 bits per heavy atom. The second-order valence-electron chi connectivity index (χ2n) is 4.98. The Morgan fingerprint density at radius 2 is 1.82 bits per heavy atom. The minimum atomic E-state index is 0.598. The van der Waals surface area contributed by atoms with Crippen molar-refractivity contribution in [3.63, 3.8) is 0 Å². The molecule has 17 heavy (non-hydrogen) atoms. The lowest BCUT2D eigenvalue weighted by Crippen LogP contribution is -2.21. The van der Waals surface area contributed by atoms with Crippen LogP contribution in [-0.4, -0.2) is 11.0 Å². The molecule has 1 N–H and O–H groups in total. The van der Waals surface area contributed by atoms with Crippen LogP contribution >= 0.6 is 15.9 Å². The third kappa shape index (κ3) is 3.70. The number of aromatic nitrogens is 1. The quantitative estimate of drug-likeness (QED) is 0.857. The number of hydrogen-bond donors (Lipinski definition) is 1. The zero-order valence-corrected chi connectivity index (χ0v) is 12.1. The summed E-state index contributed by atoms with van der Waals surface area (Å²) in [6, 6.07) is 2.63. The standard InChI is InChI=1S/C14H21BrN2/c1-11-9-10-16-14(13(11)15)17-12-7-5-3-2-4-6-8-12/h9-10,12H,2-8H2,1H3,(H,16,17). The summed E-state index contributed by atoms with van der Waals surface area (Å²) < 4.78 is 1.11. The van der Waals surface area contributed by atoms with Crippen LogP contribution in [0.4, 0.5) is 5.82 Å². The maximum atomic E-state index is 4.43. The summed E-state index contributed by atoms with van der Waals surface area (Å²) in [7, 11) is 0. The van der Waals surface area contributed by atoms with E-state index >= 15 is 0 Å². The van der Waals surface area contributed by atoms with Crippen molar-refractivity contribution in [3.05, 3.63) is 22.3 Å². The van der Waals surface area contributed by atoms with Crippen molar-refractivity contribution in [2.24, 2.45) is 0 Å². The number of anilines is 1. The van der Waals surface area contributed by atoms with Gasteiger partial charge >= 0.3 is 0 Å². The molecule has 1 fully saturated rings. The number of nitrogens with one attached hydrogen (secondary N) is 1. The lowest BCUT2D eigenvalue weighted by Gasteiger charge is -2.22. The first kappa shape index (κ1) is 12.9. The molecule has 0 amide bonds. The Hall–Kier alpha value is -0.570. The highest BCUT2D eigenvalue weighted by Gasteiger charge is 2.13. The predicted molar refractivity (Wildman–Crippen MR) is 76.4 cm³/mol. The molecule has 0 unspecified atom stereocenters. The van der Waals surface area contributed by atoms with Crippen LogP contribution in [-0.2, 0) is 0 Å². The molecule has 1 heterocycles. The summed E-state index contributed by atoms with van der Waals surface area (Å²) in [4.78, 5) is 4.43. The number of nitrogens with zero attached hydrogens (tertiary/aromatic N) is 1. The summed E-state index contributed by atoms with van der Waals surface area (Å²) in [5.41, 5.74) is 1.24. The third-order valence-electron chi connectivity index (χ3n) is 3.53. The average Bonchev–Trinajstić information content (AvgIpc) is 2.28. The Bertz CT molecular complexity index is 357. The maximum absolute atomic E-state index is 4.43. The van der Waals surface area contributed by atoms with Gasteiger partial charge in [0.1, 0.15) is 5.82 Å². The lowest BCUT2D eigenvalue weighted by atomic mass is 9.97. The molecule has 0 aliphatic heterocycles. The van der Waals surface area contributed by atoms with Gasteiger partial charge < -0.3 is 5.32 Å². The molecule has 2 rings (SSSR count). The van der Waals surface area contributed by atoms with E-state index in [1.54, 1.807) is 0 Å². The number of hydrogen-bond acceptors (Lipinski definition) is 2. The summed E-state index contributed by atoms with van der Waals surface area (Å²) >= 11 is 3.62. The third-order valence-corrected chi connectivity index (χ3v) is 4.53. The molecule has 0 spiro atoms. The molecule has 94 valence electrons. The summed E-state index contributed by atoms with van der Waals surface area (Å²) in [5.74, 6) is 1.01. The Morgan fingerprint density at radius 3 is 2.53 bits per heavy atom. The Labute approximate surface area is 112 Å². The second kappa shape index (κ2) is 6.39. The zero-order valence-electron chi connectivity index (χ0n) is 10.5. The number of rotatable bonds is 2. The molecule has 3 heteroatoms. The van der Waals surface area contributed by atoms with Crippen molar-refractivity contribution in [1.82, 2.24) is 4.98 Å². The molecule has 1 aliphatic rings. The molecule has 2 nitrogen and oxygen atoms in total. The molecule has 1 aromatic rings. The second-order valence-corrected chi connectivity index (χ2v) is 5.77. The number of halogens is 1. The van der Waals surface area contributed by atoms with Crippen molar-refractivity contribution in [3.8, 4) is 0 Å². The van der Waals surface area contributed by atoms with Crippen LogP contribution in [0.3, 0.4) is 0 Å². The molecule has 0 atom stereocenters. The number of aryl methyl sites for hydroxylation is 1. The summed E-state index contributed by atoms with van der Waals surface area (Å²) in [6.07, 6.45) is 11.3. The van der Waals surface area contributed by atoms with Crippen molar-refractivity contribution in [2.75, 3.05) is 5.32 Å². The average molecular weight is 297 g/mol. The maximum Gasteiger partial charge on any atom is 0.140 e. The molecular weight excluding hydrogens is 276 g/mol. The van der Waals surface area contributed by atoms with Gasteiger partial charge in [0.05, 0.1) is 4.47 Å². The monoisotopic (exact) mass is 296 g/mol. The normalized spacial score (nSPS) is 18.5. The van der Waals surface area contributed by atoms with E-state index in [0.29, 0.717) is 6.04 Å². The van der Waals surface area contributed by atoms with E-state index < -0.39 is 0 Å². The first-order valence-electron chi connectivity index (χ1n) is 6.65. The van der Waals surface area contributed by atoms with E-state index in [2.05, 4.69) is 33.2 Å². The highest BCUT2D eigenvalue weighted by Crippen LogP contribution is 2.26. The Balaban J connectivity index is 2.00. The van der Waals surface area contributed by atoms with Gasteiger partial charge in [0.15, 0.2) is 0 Å². The van der Waals surface area contributed by atoms with Crippen LogP contribution in [0.15, 0.2) is 16.7 Å². The first-order valence-corrected chi connectivity index (χ1v) is 7.44. The SMILES string of the molecule is Cc1ccnc(NC2CCCCCCC2)c1Br. The van der Waals surface area contributed by atoms with Gasteiger partial charge in [0, 0.05) is 12.2 Å². The topological polar surface area (TPSA) is 24.9 Å². The summed E-state index contributed by atoms with van der Waals surface area (Å²) in [5, 5.41) is 3.60. The van der Waals surface area contributed by atoms with E-state index in [9.17, 15) is 0 Å². The molecule has 0 radical (unpaired) electrons. The van der Waals surface area contributed by atoms with E-state index in [0.717, 1.165) is 10.3 Å². The molecule has 1 aliphatic carbocycles. The minimum Gasteiger partial charge on any atom is -0.366 e. The zero-order chi connectivity index (χ0) is 12.1. The fourth-order valence-electron chi connectivity index (χ4n) is 2.43. The smallest absolute Gasteiger partial charge is 0.140 e. The minimum absolute atomic E-state index is 0.598. The van der Waals surface area contributed by atoms with Crippen molar-refractivity contribution in [1.29, 1.82) is 0 Å². The van der Waals surface area contributed by atoms with Gasteiger partial charge in [0.25, 0.3) is 0 Å². The molecule has 1 saturated carbocycles. The van der Waals surface area contributed by atoms with Gasteiger partial charge in [-0.15, -0.1) is 0 Å². The van der Waals surface area contributed by atoms with E-state index in [1.807, 2.05) is 12.3 Å². The van der Waals surface area contributed by atoms with E-state index in [4.69, 9.17) is 0 Å². The van der Waals surface area contributed by atoms with E-state index in [-0.39, 0.29) is 0 Å². The molecule has 0 saturated heterocycles. The first-order chi connectivity index (χ1) is 8.27. The number of pyridine rings is 1. The van der Waals surface area contributed by atoms with Crippen LogP contribution in [0.2, 0.25) is 0 Å². The highest BCUT2D eigenvalue weighted by molar-refractivity contribution is 9.10. The predicted octanol–water partition coefficient (Wildman–Crippen LogP) is 4.68. The highest BCUT2D eigenvalue weighted by atomic mass is 79.9. The van der Waals surface area contributed by atoms with Crippen LogP contribution in [0.5, 0.6) is 0 Å². The van der Waals surface area contributed by atoms with Gasteiger partial charge in [-0.1, -0.05) is 32.1 Å². The van der Waals surface area contributed by atoms with Crippen LogP contribution in [0.1, 0.15) is 50.5 Å². The van der Waals surface area contributed by atoms with E-state index in [1.165, 1.54) is 50.5 Å². The molecular formula is C14H21BrN2. The molecule has 0 aromatic carbocycles. The van der Waals surface area contributed by atoms with Crippen LogP contribution in [0.25, 0.3) is 0 Å². The summed E-state index contributed by atoms with van der Waals surface area (Å²) in [6.45, 7) is 2.11. The van der Waals surface area contributed by atoms with Gasteiger partial charge in [-0.25, -0.2) is 4.98 Å². The van der Waals surface area contributed by atoms with Gasteiger partial charge in [-0.2, -0.15) is 0 Å². The fourth-order valence-corrected chi connectivity index (χ4v) is 2.78. The lowest BCUT2D eigenvalue weighted by molar-refractivity contribution is 0.470. The molecule has 1 aromatic heterocycles. The van der Waals surface area contributed by atoms with Crippen molar-refractivity contribution < 1.29 is 0 Å². The van der Waals surface area contributed by atoms with Gasteiger partial charge in [-0.05, 0) is 47.3 Å². The van der Waals surface area contributed by atoms with Crippen LogP contribution < -0.4 is 5.32 Å². The Kier molecular flexibility index (Phi) is 4.84. The molecule has 0 bridgehead atoms. The largest absolute Gasteiger partial charge is 0.366 e. The van der Waals surface area contributed by atoms with Gasteiger partial charge in [0.2, 0.25) is 0 Å². The van der Waals surface area contributed by atoms with Gasteiger partial charge in [-0.3, -0.25) is 0 Å². The van der Waals surface area contributed by atoms with Crippen molar-refractivity contribution >= 4 is 21.7 Å². The van der Waals surface area contributed by atoms with Crippen molar-refractivity contribution in [2.45, 2.75) is 57.9 Å². The van der Waals surface area contributed by atoms with Crippen LogP contribution in [0, 0.1) is 6.92 Å². The fraction of sp³-hybridized carbons (Fsp3) is 0.643.